The van der Waals surface area contributed by atoms with Crippen molar-refractivity contribution in [3.05, 3.63) is 34.1 Å². The van der Waals surface area contributed by atoms with Crippen molar-refractivity contribution in [3.63, 3.8) is 0 Å². The van der Waals surface area contributed by atoms with E-state index < -0.39 is 0 Å². The molecule has 0 saturated heterocycles. The Hall–Kier alpha value is -0.700. The van der Waals surface area contributed by atoms with Crippen molar-refractivity contribution < 1.29 is 9.18 Å². The minimum absolute atomic E-state index is 0.0943. The van der Waals surface area contributed by atoms with Crippen LogP contribution in [0.25, 0.3) is 0 Å². The Morgan fingerprint density at radius 1 is 1.31 bits per heavy atom. The van der Waals surface area contributed by atoms with Gasteiger partial charge in [0.2, 0.25) is 0 Å². The fraction of sp³-hybridized carbons (Fsp3) is 0.462. The van der Waals surface area contributed by atoms with Gasteiger partial charge in [-0.25, -0.2) is 4.39 Å². The third-order valence-corrected chi connectivity index (χ3v) is 3.11. The molecular formula is C13H16BrFO. The Balaban J connectivity index is 2.50. The van der Waals surface area contributed by atoms with E-state index in [2.05, 4.69) is 22.9 Å². The van der Waals surface area contributed by atoms with E-state index in [1.807, 2.05) is 0 Å². The first-order chi connectivity index (χ1) is 7.65. The van der Waals surface area contributed by atoms with Gasteiger partial charge in [-0.2, -0.15) is 0 Å². The highest BCUT2D eigenvalue weighted by Gasteiger charge is 2.07. The van der Waals surface area contributed by atoms with Gasteiger partial charge in [0.05, 0.1) is 4.47 Å². The van der Waals surface area contributed by atoms with Gasteiger partial charge >= 0.3 is 0 Å². The Morgan fingerprint density at radius 3 is 2.69 bits per heavy atom. The summed E-state index contributed by atoms with van der Waals surface area (Å²) in [5, 5.41) is 0. The lowest BCUT2D eigenvalue weighted by molar-refractivity contribution is 0.0979. The summed E-state index contributed by atoms with van der Waals surface area (Å²) < 4.78 is 13.3. The lowest BCUT2D eigenvalue weighted by atomic mass is 10.0. The van der Waals surface area contributed by atoms with Crippen LogP contribution in [0.4, 0.5) is 4.39 Å². The summed E-state index contributed by atoms with van der Waals surface area (Å²) in [7, 11) is 0. The summed E-state index contributed by atoms with van der Waals surface area (Å²) in [6.45, 7) is 2.14. The summed E-state index contributed by atoms with van der Waals surface area (Å²) >= 11 is 3.08. The molecule has 0 bridgehead atoms. The first-order valence-electron chi connectivity index (χ1n) is 5.63. The molecule has 0 unspecified atom stereocenters. The van der Waals surface area contributed by atoms with Gasteiger partial charge in [0, 0.05) is 12.0 Å². The van der Waals surface area contributed by atoms with Gasteiger partial charge < -0.3 is 0 Å². The number of hydrogen-bond acceptors (Lipinski definition) is 1. The van der Waals surface area contributed by atoms with E-state index in [0.29, 0.717) is 16.5 Å². The Labute approximate surface area is 104 Å². The molecule has 0 aliphatic rings. The van der Waals surface area contributed by atoms with E-state index in [9.17, 15) is 9.18 Å². The third-order valence-electron chi connectivity index (χ3n) is 2.50. The second kappa shape index (κ2) is 6.79. The number of ketones is 1. The van der Waals surface area contributed by atoms with E-state index in [-0.39, 0.29) is 11.6 Å². The van der Waals surface area contributed by atoms with Crippen LogP contribution in [0.2, 0.25) is 0 Å². The van der Waals surface area contributed by atoms with E-state index in [1.54, 1.807) is 12.1 Å². The second-order valence-electron chi connectivity index (χ2n) is 3.86. The first kappa shape index (κ1) is 13.4. The number of carbonyl (C=O) groups is 1. The second-order valence-corrected chi connectivity index (χ2v) is 4.72. The zero-order chi connectivity index (χ0) is 12.0. The third kappa shape index (κ3) is 4.05. The Bertz CT molecular complexity index is 363. The predicted molar refractivity (Wildman–Crippen MR) is 67.2 cm³/mol. The van der Waals surface area contributed by atoms with Crippen LogP contribution in [0.3, 0.4) is 0 Å². The van der Waals surface area contributed by atoms with Gasteiger partial charge in [-0.1, -0.05) is 26.2 Å². The lowest BCUT2D eigenvalue weighted by Crippen LogP contribution is -1.99. The highest BCUT2D eigenvalue weighted by atomic mass is 79.9. The number of carbonyl (C=O) groups excluding carboxylic acids is 1. The number of unbranched alkanes of at least 4 members (excludes halogenated alkanes) is 3. The smallest absolute Gasteiger partial charge is 0.162 e. The van der Waals surface area contributed by atoms with Crippen LogP contribution in [-0.2, 0) is 0 Å². The van der Waals surface area contributed by atoms with Crippen LogP contribution in [-0.4, -0.2) is 5.78 Å². The Morgan fingerprint density at radius 2 is 2.06 bits per heavy atom. The summed E-state index contributed by atoms with van der Waals surface area (Å²) in [6, 6.07) is 4.42. The van der Waals surface area contributed by atoms with Gasteiger partial charge in [0.15, 0.2) is 5.78 Å². The molecule has 0 fully saturated rings. The molecule has 0 aliphatic carbocycles. The highest BCUT2D eigenvalue weighted by molar-refractivity contribution is 9.10. The summed E-state index contributed by atoms with van der Waals surface area (Å²) in [4.78, 5) is 11.7. The van der Waals surface area contributed by atoms with Crippen LogP contribution in [0.1, 0.15) is 49.4 Å². The number of benzene rings is 1. The number of halogens is 2. The number of Topliss-reactive ketones (excluding diaryl/α,β-unsaturated/α-hetero) is 1. The lowest BCUT2D eigenvalue weighted by Gasteiger charge is -2.02. The van der Waals surface area contributed by atoms with Crippen molar-refractivity contribution in [1.82, 2.24) is 0 Å². The predicted octanol–water partition coefficient (Wildman–Crippen LogP) is 4.74. The average Bonchev–Trinajstić information content (AvgIpc) is 2.28. The van der Waals surface area contributed by atoms with Crippen LogP contribution < -0.4 is 0 Å². The maximum atomic E-state index is 13.0. The molecule has 0 aliphatic heterocycles. The molecular weight excluding hydrogens is 271 g/mol. The minimum atomic E-state index is -0.331. The molecule has 0 atom stereocenters. The largest absolute Gasteiger partial charge is 0.294 e. The van der Waals surface area contributed by atoms with Crippen molar-refractivity contribution in [2.75, 3.05) is 0 Å². The van der Waals surface area contributed by atoms with Crippen LogP contribution >= 0.6 is 15.9 Å². The normalized spacial score (nSPS) is 10.4. The van der Waals surface area contributed by atoms with Crippen molar-refractivity contribution >= 4 is 21.7 Å². The van der Waals surface area contributed by atoms with E-state index >= 15 is 0 Å². The molecule has 0 N–H and O–H groups in total. The van der Waals surface area contributed by atoms with E-state index in [1.165, 1.54) is 12.5 Å². The molecule has 0 radical (unpaired) electrons. The zero-order valence-electron chi connectivity index (χ0n) is 9.43. The summed E-state index contributed by atoms with van der Waals surface area (Å²) in [5.74, 6) is -0.237. The van der Waals surface area contributed by atoms with Gasteiger partial charge in [-0.05, 0) is 40.5 Å². The highest BCUT2D eigenvalue weighted by Crippen LogP contribution is 2.18. The molecule has 0 saturated carbocycles. The van der Waals surface area contributed by atoms with E-state index in [4.69, 9.17) is 0 Å². The quantitative estimate of drug-likeness (QED) is 0.545. The fourth-order valence-electron chi connectivity index (χ4n) is 1.53. The molecule has 1 aromatic carbocycles. The monoisotopic (exact) mass is 286 g/mol. The van der Waals surface area contributed by atoms with Gasteiger partial charge in [0.25, 0.3) is 0 Å². The van der Waals surface area contributed by atoms with Crippen molar-refractivity contribution in [2.24, 2.45) is 0 Å². The van der Waals surface area contributed by atoms with Crippen molar-refractivity contribution in [1.29, 1.82) is 0 Å². The minimum Gasteiger partial charge on any atom is -0.294 e. The molecule has 0 amide bonds. The van der Waals surface area contributed by atoms with Gasteiger partial charge in [-0.3, -0.25) is 4.79 Å². The molecule has 16 heavy (non-hydrogen) atoms. The van der Waals surface area contributed by atoms with Crippen molar-refractivity contribution in [3.8, 4) is 0 Å². The maximum Gasteiger partial charge on any atom is 0.162 e. The maximum absolute atomic E-state index is 13.0. The zero-order valence-corrected chi connectivity index (χ0v) is 11.0. The molecule has 1 nitrogen and oxygen atoms in total. The molecule has 88 valence electrons. The van der Waals surface area contributed by atoms with E-state index in [0.717, 1.165) is 19.3 Å². The summed E-state index contributed by atoms with van der Waals surface area (Å²) in [6.07, 6.45) is 4.89. The van der Waals surface area contributed by atoms with Crippen LogP contribution in [0.5, 0.6) is 0 Å². The van der Waals surface area contributed by atoms with Crippen LogP contribution in [0.15, 0.2) is 22.7 Å². The molecule has 1 aromatic rings. The van der Waals surface area contributed by atoms with Gasteiger partial charge in [-0.15, -0.1) is 0 Å². The SMILES string of the molecule is CCCCCCC(=O)c1ccc(F)c(Br)c1. The molecule has 0 aromatic heterocycles. The molecule has 0 heterocycles. The fourth-order valence-corrected chi connectivity index (χ4v) is 1.91. The summed E-state index contributed by atoms with van der Waals surface area (Å²) in [5.41, 5.74) is 0.588. The van der Waals surface area contributed by atoms with Crippen molar-refractivity contribution in [2.45, 2.75) is 39.0 Å². The Kier molecular flexibility index (Phi) is 5.67. The molecule has 3 heteroatoms. The van der Waals surface area contributed by atoms with Gasteiger partial charge in [0.1, 0.15) is 5.82 Å². The number of hydrogen-bond donors (Lipinski definition) is 0. The number of rotatable bonds is 6. The first-order valence-corrected chi connectivity index (χ1v) is 6.42. The average molecular weight is 287 g/mol. The molecule has 0 spiro atoms. The standard InChI is InChI=1S/C13H16BrFO/c1-2-3-4-5-6-13(16)10-7-8-12(15)11(14)9-10/h7-9H,2-6H2,1H3. The van der Waals surface area contributed by atoms with Crippen LogP contribution in [0, 0.1) is 5.82 Å². The molecule has 1 rings (SSSR count). The topological polar surface area (TPSA) is 17.1 Å².